The molecule has 1 saturated heterocycles. The summed E-state index contributed by atoms with van der Waals surface area (Å²) in [6.07, 6.45) is 0. The van der Waals surface area contributed by atoms with Crippen LogP contribution in [0.15, 0.2) is 60.7 Å². The Bertz CT molecular complexity index is 788. The van der Waals surface area contributed by atoms with Gasteiger partial charge in [-0.15, -0.1) is 0 Å². The molecule has 1 amide bonds. The zero-order valence-electron chi connectivity index (χ0n) is 13.4. The summed E-state index contributed by atoms with van der Waals surface area (Å²) in [5.74, 6) is -2.18. The fraction of sp³-hybridized carbons (Fsp3) is 0.211. The molecule has 2 atom stereocenters. The van der Waals surface area contributed by atoms with Crippen LogP contribution in [0.5, 0.6) is 0 Å². The Kier molecular flexibility index (Phi) is 3.93. The van der Waals surface area contributed by atoms with Gasteiger partial charge in [-0.3, -0.25) is 19.3 Å². The molecule has 5 heteroatoms. The zero-order valence-corrected chi connectivity index (χ0v) is 13.4. The maximum absolute atomic E-state index is 12.7. The highest BCUT2D eigenvalue weighted by molar-refractivity contribution is 6.49. The normalized spacial score (nSPS) is 23.4. The average molecular weight is 323 g/mol. The molecule has 1 heterocycles. The minimum absolute atomic E-state index is 0.567. The molecule has 0 bridgehead atoms. The predicted molar refractivity (Wildman–Crippen MR) is 88.2 cm³/mol. The van der Waals surface area contributed by atoms with Crippen LogP contribution < -0.4 is 4.90 Å². The number of anilines is 1. The van der Waals surface area contributed by atoms with Crippen molar-refractivity contribution in [2.24, 2.45) is 5.41 Å². The number of Topliss-reactive ketones (excluding diaryl/α,β-unsaturated/α-hetero) is 1. The number of benzene rings is 2. The summed E-state index contributed by atoms with van der Waals surface area (Å²) in [7, 11) is 1.22. The lowest BCUT2D eigenvalue weighted by Crippen LogP contribution is -2.40. The molecule has 0 aliphatic carbocycles. The van der Waals surface area contributed by atoms with Crippen molar-refractivity contribution >= 4 is 23.3 Å². The number of hydrogen-bond donors (Lipinski definition) is 0. The third-order valence-corrected chi connectivity index (χ3v) is 4.45. The number of ketones is 1. The molecule has 0 radical (unpaired) electrons. The minimum Gasteiger partial charge on any atom is -0.468 e. The SMILES string of the molecule is COC(=O)[C@@]1(C)C(=O)C(=O)N(c2ccccc2)[C@H]1c1ccccc1. The van der Waals surface area contributed by atoms with Crippen molar-refractivity contribution in [3.05, 3.63) is 66.2 Å². The van der Waals surface area contributed by atoms with Gasteiger partial charge >= 0.3 is 5.97 Å². The Hall–Kier alpha value is -2.95. The fourth-order valence-corrected chi connectivity index (χ4v) is 3.22. The Morgan fingerprint density at radius 2 is 1.54 bits per heavy atom. The lowest BCUT2D eigenvalue weighted by atomic mass is 9.78. The van der Waals surface area contributed by atoms with Crippen LogP contribution in [0.3, 0.4) is 0 Å². The van der Waals surface area contributed by atoms with Gasteiger partial charge in [-0.05, 0) is 24.6 Å². The highest BCUT2D eigenvalue weighted by atomic mass is 16.5. The quantitative estimate of drug-likeness (QED) is 0.495. The van der Waals surface area contributed by atoms with Crippen LogP contribution in [-0.4, -0.2) is 24.8 Å². The van der Waals surface area contributed by atoms with Gasteiger partial charge < -0.3 is 4.74 Å². The summed E-state index contributed by atoms with van der Waals surface area (Å²) in [6, 6.07) is 17.2. The molecule has 1 aliphatic rings. The van der Waals surface area contributed by atoms with E-state index in [4.69, 9.17) is 4.74 Å². The molecule has 0 saturated carbocycles. The molecule has 5 nitrogen and oxygen atoms in total. The van der Waals surface area contributed by atoms with E-state index in [2.05, 4.69) is 0 Å². The summed E-state index contributed by atoms with van der Waals surface area (Å²) in [5.41, 5.74) is -0.325. The minimum atomic E-state index is -1.59. The van der Waals surface area contributed by atoms with E-state index in [1.807, 2.05) is 24.3 Å². The molecule has 0 aromatic heterocycles. The van der Waals surface area contributed by atoms with Crippen molar-refractivity contribution in [2.75, 3.05) is 12.0 Å². The molecule has 122 valence electrons. The molecule has 0 spiro atoms. The molecule has 2 aromatic carbocycles. The first-order valence-corrected chi connectivity index (χ1v) is 7.58. The summed E-state index contributed by atoms with van der Waals surface area (Å²) in [4.78, 5) is 39.2. The smallest absolute Gasteiger partial charge is 0.322 e. The highest BCUT2D eigenvalue weighted by Crippen LogP contribution is 2.48. The van der Waals surface area contributed by atoms with Gasteiger partial charge in [-0.1, -0.05) is 48.5 Å². The van der Waals surface area contributed by atoms with E-state index < -0.39 is 29.1 Å². The lowest BCUT2D eigenvalue weighted by Gasteiger charge is -2.32. The average Bonchev–Trinajstić information content (AvgIpc) is 2.84. The van der Waals surface area contributed by atoms with Crippen molar-refractivity contribution < 1.29 is 19.1 Å². The Labute approximate surface area is 139 Å². The molecular formula is C19H17NO4. The number of rotatable bonds is 3. The van der Waals surface area contributed by atoms with Crippen molar-refractivity contribution in [1.82, 2.24) is 0 Å². The van der Waals surface area contributed by atoms with Gasteiger partial charge in [-0.25, -0.2) is 0 Å². The van der Waals surface area contributed by atoms with Gasteiger partial charge in [0.1, 0.15) is 0 Å². The Morgan fingerprint density at radius 1 is 1.00 bits per heavy atom. The summed E-state index contributed by atoms with van der Waals surface area (Å²) < 4.78 is 4.85. The number of carbonyl (C=O) groups excluding carboxylic acids is 3. The van der Waals surface area contributed by atoms with Crippen LogP contribution in [-0.2, 0) is 19.1 Å². The van der Waals surface area contributed by atoms with Gasteiger partial charge in [-0.2, -0.15) is 0 Å². The van der Waals surface area contributed by atoms with E-state index >= 15 is 0 Å². The van der Waals surface area contributed by atoms with Crippen LogP contribution in [0.2, 0.25) is 0 Å². The van der Waals surface area contributed by atoms with E-state index in [-0.39, 0.29) is 0 Å². The number of carbonyl (C=O) groups is 3. The van der Waals surface area contributed by atoms with Gasteiger partial charge in [0.25, 0.3) is 5.91 Å². The van der Waals surface area contributed by atoms with Crippen molar-refractivity contribution in [2.45, 2.75) is 13.0 Å². The van der Waals surface area contributed by atoms with Crippen molar-refractivity contribution in [3.63, 3.8) is 0 Å². The molecule has 2 aromatic rings. The van der Waals surface area contributed by atoms with Gasteiger partial charge in [0.05, 0.1) is 13.2 Å². The standard InChI is InChI=1S/C19H17NO4/c1-19(18(23)24-2)15(13-9-5-3-6-10-13)20(17(22)16(19)21)14-11-7-4-8-12-14/h3-12,15H,1-2H3/t15-,19+/m0/s1. The van der Waals surface area contributed by atoms with Gasteiger partial charge in [0, 0.05) is 5.69 Å². The molecule has 24 heavy (non-hydrogen) atoms. The third-order valence-electron chi connectivity index (χ3n) is 4.45. The van der Waals surface area contributed by atoms with Gasteiger partial charge in [0.15, 0.2) is 5.41 Å². The number of ether oxygens (including phenoxy) is 1. The number of nitrogens with zero attached hydrogens (tertiary/aromatic N) is 1. The van der Waals surface area contributed by atoms with Crippen LogP contribution in [0.1, 0.15) is 18.5 Å². The van der Waals surface area contributed by atoms with Crippen LogP contribution >= 0.6 is 0 Å². The highest BCUT2D eigenvalue weighted by Gasteiger charge is 2.62. The molecule has 1 fully saturated rings. The molecule has 3 rings (SSSR count). The van der Waals surface area contributed by atoms with Crippen LogP contribution in [0, 0.1) is 5.41 Å². The number of esters is 1. The fourth-order valence-electron chi connectivity index (χ4n) is 3.22. The second-order valence-corrected chi connectivity index (χ2v) is 5.85. The van der Waals surface area contributed by atoms with E-state index in [0.717, 1.165) is 0 Å². The van der Waals surface area contributed by atoms with Crippen LogP contribution in [0.25, 0.3) is 0 Å². The maximum atomic E-state index is 12.7. The van der Waals surface area contributed by atoms with E-state index in [0.29, 0.717) is 11.3 Å². The van der Waals surface area contributed by atoms with Crippen molar-refractivity contribution in [3.8, 4) is 0 Å². The Balaban J connectivity index is 2.23. The summed E-state index contributed by atoms with van der Waals surface area (Å²) >= 11 is 0. The largest absolute Gasteiger partial charge is 0.468 e. The monoisotopic (exact) mass is 323 g/mol. The first-order chi connectivity index (χ1) is 11.5. The number of hydrogen-bond acceptors (Lipinski definition) is 4. The first kappa shape index (κ1) is 15.9. The zero-order chi connectivity index (χ0) is 17.3. The number of para-hydroxylation sites is 1. The molecule has 1 aliphatic heterocycles. The molecule has 0 N–H and O–H groups in total. The molecule has 0 unspecified atom stereocenters. The topological polar surface area (TPSA) is 63.7 Å². The second kappa shape index (κ2) is 5.92. The maximum Gasteiger partial charge on any atom is 0.322 e. The number of amides is 1. The summed E-state index contributed by atoms with van der Waals surface area (Å²) in [6.45, 7) is 1.47. The van der Waals surface area contributed by atoms with Crippen molar-refractivity contribution in [1.29, 1.82) is 0 Å². The van der Waals surface area contributed by atoms with Crippen LogP contribution in [0.4, 0.5) is 5.69 Å². The third kappa shape index (κ3) is 2.21. The van der Waals surface area contributed by atoms with E-state index in [9.17, 15) is 14.4 Å². The molecular weight excluding hydrogens is 306 g/mol. The first-order valence-electron chi connectivity index (χ1n) is 7.58. The van der Waals surface area contributed by atoms with E-state index in [1.165, 1.54) is 18.9 Å². The summed E-state index contributed by atoms with van der Waals surface area (Å²) in [5, 5.41) is 0. The Morgan fingerprint density at radius 3 is 2.08 bits per heavy atom. The number of methoxy groups -OCH3 is 1. The van der Waals surface area contributed by atoms with E-state index in [1.54, 1.807) is 36.4 Å². The predicted octanol–water partition coefficient (Wildman–Crippen LogP) is 2.52. The lowest BCUT2D eigenvalue weighted by molar-refractivity contribution is -0.157. The van der Waals surface area contributed by atoms with Gasteiger partial charge in [0.2, 0.25) is 5.78 Å². The second-order valence-electron chi connectivity index (χ2n) is 5.85.